The lowest BCUT2D eigenvalue weighted by Gasteiger charge is -2.31. The molecule has 8 heteroatoms. The lowest BCUT2D eigenvalue weighted by molar-refractivity contribution is -0.152. The molecule has 1 rings (SSSR count). The predicted octanol–water partition coefficient (Wildman–Crippen LogP) is -0.530. The highest BCUT2D eigenvalue weighted by Gasteiger charge is 2.53. The number of aliphatic carboxylic acids is 1. The molecule has 0 saturated carbocycles. The number of hydrogen-bond acceptors (Lipinski definition) is 4. The lowest BCUT2D eigenvalue weighted by atomic mass is 9.99. The van der Waals surface area contributed by atoms with Crippen molar-refractivity contribution in [3.8, 4) is 0 Å². The van der Waals surface area contributed by atoms with Crippen LogP contribution in [0.25, 0.3) is 0 Å². The van der Waals surface area contributed by atoms with Crippen molar-refractivity contribution >= 4 is 13.6 Å². The molecular formula is C8H16NO6P. The summed E-state index contributed by atoms with van der Waals surface area (Å²) in [6, 6.07) is -0.373. The first kappa shape index (κ1) is 13.6. The minimum absolute atomic E-state index is 0.373. The molecule has 7 nitrogen and oxygen atoms in total. The number of aliphatic hydroxyl groups is 1. The molecule has 2 atom stereocenters. The van der Waals surface area contributed by atoms with E-state index >= 15 is 0 Å². The topological polar surface area (TPSA) is 127 Å². The zero-order valence-electron chi connectivity index (χ0n) is 8.67. The van der Waals surface area contributed by atoms with Gasteiger partial charge in [0.1, 0.15) is 0 Å². The van der Waals surface area contributed by atoms with E-state index in [0.29, 0.717) is 13.0 Å². The fraction of sp³-hybridized carbons (Fsp3) is 0.875. The molecule has 1 aliphatic rings. The molecule has 1 aliphatic heterocycles. The van der Waals surface area contributed by atoms with Crippen LogP contribution in [0.3, 0.4) is 0 Å². The number of nitrogens with one attached hydrogen (secondary N) is 1. The van der Waals surface area contributed by atoms with Crippen LogP contribution in [-0.2, 0) is 9.36 Å². The summed E-state index contributed by atoms with van der Waals surface area (Å²) in [7, 11) is -5.09. The van der Waals surface area contributed by atoms with E-state index in [-0.39, 0.29) is 6.04 Å². The Bertz CT molecular complexity index is 310. The van der Waals surface area contributed by atoms with E-state index in [9.17, 15) is 14.5 Å². The van der Waals surface area contributed by atoms with Crippen molar-refractivity contribution in [1.29, 1.82) is 0 Å². The maximum Gasteiger partial charge on any atom is 0.368 e. The second kappa shape index (κ2) is 4.81. The van der Waals surface area contributed by atoms with Gasteiger partial charge in [0, 0.05) is 12.5 Å². The third-order valence-electron chi connectivity index (χ3n) is 2.77. The molecule has 0 aromatic rings. The number of carboxylic acid groups (broad SMARTS) is 1. The van der Waals surface area contributed by atoms with Crippen LogP contribution in [0.5, 0.6) is 0 Å². The van der Waals surface area contributed by atoms with Crippen LogP contribution in [0.1, 0.15) is 25.7 Å². The number of piperidine rings is 1. The Balaban J connectivity index is 2.79. The summed E-state index contributed by atoms with van der Waals surface area (Å²) in [4.78, 5) is 28.6. The molecule has 94 valence electrons. The van der Waals surface area contributed by atoms with Crippen LogP contribution >= 0.6 is 7.60 Å². The molecule has 0 amide bonds. The zero-order chi connectivity index (χ0) is 12.4. The molecule has 0 radical (unpaired) electrons. The average molecular weight is 253 g/mol. The third-order valence-corrected chi connectivity index (χ3v) is 4.11. The van der Waals surface area contributed by atoms with E-state index in [1.54, 1.807) is 0 Å². The van der Waals surface area contributed by atoms with Gasteiger partial charge in [-0.15, -0.1) is 0 Å². The van der Waals surface area contributed by atoms with Crippen molar-refractivity contribution in [2.75, 3.05) is 6.54 Å². The fourth-order valence-corrected chi connectivity index (χ4v) is 2.48. The van der Waals surface area contributed by atoms with Gasteiger partial charge < -0.3 is 25.3 Å². The molecule has 5 N–H and O–H groups in total. The van der Waals surface area contributed by atoms with Gasteiger partial charge in [0.2, 0.25) is 0 Å². The summed E-state index contributed by atoms with van der Waals surface area (Å²) >= 11 is 0. The van der Waals surface area contributed by atoms with Gasteiger partial charge in [-0.2, -0.15) is 0 Å². The van der Waals surface area contributed by atoms with Gasteiger partial charge >= 0.3 is 13.6 Å². The molecule has 0 aromatic heterocycles. The quantitative estimate of drug-likeness (QED) is 0.426. The van der Waals surface area contributed by atoms with Crippen molar-refractivity contribution in [3.63, 3.8) is 0 Å². The molecular weight excluding hydrogens is 237 g/mol. The van der Waals surface area contributed by atoms with E-state index in [0.717, 1.165) is 12.8 Å². The summed E-state index contributed by atoms with van der Waals surface area (Å²) in [6.45, 7) is 0.668. The second-order valence-electron chi connectivity index (χ2n) is 4.02. The van der Waals surface area contributed by atoms with E-state index in [1.807, 2.05) is 0 Å². The molecule has 0 aromatic carbocycles. The van der Waals surface area contributed by atoms with Crippen LogP contribution in [0.15, 0.2) is 0 Å². The van der Waals surface area contributed by atoms with Gasteiger partial charge in [-0.1, -0.05) is 6.42 Å². The summed E-state index contributed by atoms with van der Waals surface area (Å²) in [5.41, 5.74) is 0. The van der Waals surface area contributed by atoms with Crippen molar-refractivity contribution in [3.05, 3.63) is 0 Å². The van der Waals surface area contributed by atoms with Crippen molar-refractivity contribution in [1.82, 2.24) is 5.32 Å². The third kappa shape index (κ3) is 2.81. The Morgan fingerprint density at radius 3 is 2.44 bits per heavy atom. The van der Waals surface area contributed by atoms with Gasteiger partial charge in [-0.25, -0.2) is 4.79 Å². The summed E-state index contributed by atoms with van der Waals surface area (Å²) in [5.74, 6) is -1.88. The van der Waals surface area contributed by atoms with Crippen LogP contribution in [0.4, 0.5) is 0 Å². The first-order chi connectivity index (χ1) is 7.27. The highest BCUT2D eigenvalue weighted by atomic mass is 31.2. The van der Waals surface area contributed by atoms with E-state index in [2.05, 4.69) is 5.32 Å². The predicted molar refractivity (Wildman–Crippen MR) is 54.9 cm³/mol. The molecule has 16 heavy (non-hydrogen) atoms. The monoisotopic (exact) mass is 253 g/mol. The normalized spacial score (nSPS) is 26.1. The van der Waals surface area contributed by atoms with Gasteiger partial charge in [0.25, 0.3) is 5.34 Å². The minimum atomic E-state index is -5.09. The van der Waals surface area contributed by atoms with Crippen LogP contribution in [0.2, 0.25) is 0 Å². The van der Waals surface area contributed by atoms with Crippen molar-refractivity contribution in [2.45, 2.75) is 37.1 Å². The molecule has 0 aliphatic carbocycles. The number of carbonyl (C=O) groups is 1. The van der Waals surface area contributed by atoms with Gasteiger partial charge in [0.05, 0.1) is 0 Å². The highest BCUT2D eigenvalue weighted by molar-refractivity contribution is 7.54. The molecule has 1 fully saturated rings. The minimum Gasteiger partial charge on any atom is -0.479 e. The van der Waals surface area contributed by atoms with Gasteiger partial charge in [-0.05, 0) is 19.4 Å². The van der Waals surface area contributed by atoms with E-state index in [1.165, 1.54) is 0 Å². The first-order valence-electron chi connectivity index (χ1n) is 5.02. The molecule has 1 saturated heterocycles. The fourth-order valence-electron chi connectivity index (χ4n) is 1.77. The van der Waals surface area contributed by atoms with Crippen LogP contribution in [0, 0.1) is 0 Å². The zero-order valence-corrected chi connectivity index (χ0v) is 9.56. The number of carboxylic acids is 1. The number of rotatable bonds is 4. The largest absolute Gasteiger partial charge is 0.479 e. The van der Waals surface area contributed by atoms with Crippen LogP contribution in [-0.4, -0.2) is 43.9 Å². The van der Waals surface area contributed by atoms with Crippen LogP contribution < -0.4 is 5.32 Å². The molecule has 0 spiro atoms. The molecule has 0 bridgehead atoms. The lowest BCUT2D eigenvalue weighted by Crippen LogP contribution is -2.46. The smallest absolute Gasteiger partial charge is 0.368 e. The summed E-state index contributed by atoms with van der Waals surface area (Å²) in [5, 5.41) is 18.3. The Morgan fingerprint density at radius 1 is 1.44 bits per heavy atom. The Hall–Kier alpha value is -0.460. The second-order valence-corrected chi connectivity index (χ2v) is 5.84. The summed E-state index contributed by atoms with van der Waals surface area (Å²) < 4.78 is 11.0. The Kier molecular flexibility index (Phi) is 4.09. The molecule has 1 heterocycles. The highest BCUT2D eigenvalue weighted by Crippen LogP contribution is 2.51. The number of hydrogen-bond donors (Lipinski definition) is 5. The standard InChI is InChI=1S/C8H16NO6P/c10-7(11)8(12,16(13,14)15)5-6-3-1-2-4-9-6/h6,9,12H,1-5H2,(H,10,11)(H2,13,14,15). The molecule has 2 unspecified atom stereocenters. The van der Waals surface area contributed by atoms with Crippen molar-refractivity contribution < 1.29 is 29.4 Å². The van der Waals surface area contributed by atoms with E-state index < -0.39 is 25.3 Å². The van der Waals surface area contributed by atoms with Gasteiger partial charge in [-0.3, -0.25) is 4.57 Å². The maximum absolute atomic E-state index is 11.0. The Labute approximate surface area is 92.6 Å². The van der Waals surface area contributed by atoms with Crippen molar-refractivity contribution in [2.24, 2.45) is 0 Å². The Morgan fingerprint density at radius 2 is 2.06 bits per heavy atom. The van der Waals surface area contributed by atoms with E-state index in [4.69, 9.17) is 14.9 Å². The average Bonchev–Trinajstić information content (AvgIpc) is 2.17. The summed E-state index contributed by atoms with van der Waals surface area (Å²) in [6.07, 6.45) is 1.93. The van der Waals surface area contributed by atoms with Gasteiger partial charge in [0.15, 0.2) is 0 Å². The first-order valence-corrected chi connectivity index (χ1v) is 6.63. The maximum atomic E-state index is 11.0. The SMILES string of the molecule is O=C(O)C(O)(CC1CCCCN1)P(=O)(O)O.